The Morgan fingerprint density at radius 3 is 2.95 bits per heavy atom. The Balaban J connectivity index is 1.59. The molecular weight excluding hydrogens is 252 g/mol. The predicted molar refractivity (Wildman–Crippen MR) is 75.9 cm³/mol. The minimum absolute atomic E-state index is 0.210. The third-order valence-electron chi connectivity index (χ3n) is 4.59. The number of nitrogens with one attached hydrogen (secondary N) is 1. The minimum Gasteiger partial charge on any atom is -0.398 e. The summed E-state index contributed by atoms with van der Waals surface area (Å²) in [6.07, 6.45) is 3.77. The Hall–Kier alpha value is -1.88. The molecule has 2 aromatic rings. The van der Waals surface area contributed by atoms with Crippen LogP contribution in [0.25, 0.3) is 11.4 Å². The first-order valence-electron chi connectivity index (χ1n) is 7.09. The molecule has 1 saturated carbocycles. The highest BCUT2D eigenvalue weighted by Crippen LogP contribution is 2.54. The highest BCUT2D eigenvalue weighted by atomic mass is 16.5. The summed E-state index contributed by atoms with van der Waals surface area (Å²) >= 11 is 0. The number of nitrogens with zero attached hydrogens (tertiary/aromatic N) is 2. The van der Waals surface area contributed by atoms with Gasteiger partial charge in [-0.3, -0.25) is 0 Å². The first-order valence-corrected chi connectivity index (χ1v) is 7.09. The van der Waals surface area contributed by atoms with Crippen LogP contribution >= 0.6 is 0 Å². The molecule has 1 aliphatic carbocycles. The quantitative estimate of drug-likeness (QED) is 0.820. The van der Waals surface area contributed by atoms with Crippen molar-refractivity contribution in [2.75, 3.05) is 12.3 Å². The van der Waals surface area contributed by atoms with Crippen LogP contribution in [-0.4, -0.2) is 16.7 Å². The number of hydrogen-bond donors (Lipinski definition) is 2. The fourth-order valence-corrected chi connectivity index (χ4v) is 2.92. The van der Waals surface area contributed by atoms with Gasteiger partial charge in [-0.15, -0.1) is 0 Å². The van der Waals surface area contributed by atoms with Gasteiger partial charge in [-0.25, -0.2) is 0 Å². The molecule has 0 unspecified atom stereocenters. The average Bonchev–Trinajstić information content (AvgIpc) is 2.87. The highest BCUT2D eigenvalue weighted by Gasteiger charge is 2.49. The molecule has 5 nitrogen and oxygen atoms in total. The zero-order valence-corrected chi connectivity index (χ0v) is 11.5. The van der Waals surface area contributed by atoms with Crippen molar-refractivity contribution in [1.29, 1.82) is 0 Å². The van der Waals surface area contributed by atoms with Crippen LogP contribution in [0.2, 0.25) is 0 Å². The van der Waals surface area contributed by atoms with E-state index in [1.807, 2.05) is 25.1 Å². The SMILES string of the molecule is Cc1ccc(-c2noc([C@@H]3CC4(CC4)CN3)n2)cc1N. The van der Waals surface area contributed by atoms with E-state index in [9.17, 15) is 0 Å². The molecule has 2 aliphatic rings. The maximum Gasteiger partial charge on any atom is 0.244 e. The van der Waals surface area contributed by atoms with E-state index in [4.69, 9.17) is 10.3 Å². The van der Waals surface area contributed by atoms with Crippen LogP contribution in [0.5, 0.6) is 0 Å². The molecule has 104 valence electrons. The lowest BCUT2D eigenvalue weighted by Crippen LogP contribution is -2.14. The van der Waals surface area contributed by atoms with Crippen molar-refractivity contribution in [2.45, 2.75) is 32.2 Å². The molecule has 0 bridgehead atoms. The number of hydrogen-bond acceptors (Lipinski definition) is 5. The molecule has 1 aromatic carbocycles. The molecule has 0 amide bonds. The highest BCUT2D eigenvalue weighted by molar-refractivity contribution is 5.63. The lowest BCUT2D eigenvalue weighted by molar-refractivity contribution is 0.341. The average molecular weight is 270 g/mol. The summed E-state index contributed by atoms with van der Waals surface area (Å²) in [5.41, 5.74) is 9.17. The first kappa shape index (κ1) is 11.9. The zero-order valence-electron chi connectivity index (χ0n) is 11.5. The maximum absolute atomic E-state index is 5.93. The number of anilines is 1. The molecule has 1 aliphatic heterocycles. The fourth-order valence-electron chi connectivity index (χ4n) is 2.92. The summed E-state index contributed by atoms with van der Waals surface area (Å²) in [6, 6.07) is 6.06. The summed E-state index contributed by atoms with van der Waals surface area (Å²) in [4.78, 5) is 4.53. The van der Waals surface area contributed by atoms with Gasteiger partial charge in [0.1, 0.15) is 0 Å². The Morgan fingerprint density at radius 1 is 1.40 bits per heavy atom. The molecule has 1 saturated heterocycles. The number of aromatic nitrogens is 2. The van der Waals surface area contributed by atoms with Crippen LogP contribution < -0.4 is 11.1 Å². The zero-order chi connectivity index (χ0) is 13.7. The molecule has 2 fully saturated rings. The second kappa shape index (κ2) is 4.06. The Morgan fingerprint density at radius 2 is 2.25 bits per heavy atom. The van der Waals surface area contributed by atoms with Gasteiger partial charge in [-0.05, 0) is 43.2 Å². The topological polar surface area (TPSA) is 77.0 Å². The van der Waals surface area contributed by atoms with Crippen molar-refractivity contribution >= 4 is 5.69 Å². The lowest BCUT2D eigenvalue weighted by Gasteiger charge is -2.03. The third-order valence-corrected chi connectivity index (χ3v) is 4.59. The third kappa shape index (κ3) is 1.89. The van der Waals surface area contributed by atoms with Gasteiger partial charge in [-0.1, -0.05) is 17.3 Å². The molecule has 4 rings (SSSR count). The van der Waals surface area contributed by atoms with E-state index in [2.05, 4.69) is 15.5 Å². The van der Waals surface area contributed by atoms with Crippen LogP contribution in [0.4, 0.5) is 5.69 Å². The second-order valence-electron chi connectivity index (χ2n) is 6.17. The molecule has 1 aromatic heterocycles. The van der Waals surface area contributed by atoms with E-state index in [0.717, 1.165) is 29.8 Å². The lowest BCUT2D eigenvalue weighted by atomic mass is 10.0. The van der Waals surface area contributed by atoms with E-state index in [-0.39, 0.29) is 6.04 Å². The summed E-state index contributed by atoms with van der Waals surface area (Å²) in [6.45, 7) is 3.06. The number of aryl methyl sites for hydroxylation is 1. The fraction of sp³-hybridized carbons (Fsp3) is 0.467. The van der Waals surface area contributed by atoms with Crippen molar-refractivity contribution in [1.82, 2.24) is 15.5 Å². The number of benzene rings is 1. The van der Waals surface area contributed by atoms with Crippen molar-refractivity contribution in [3.8, 4) is 11.4 Å². The predicted octanol–water partition coefficient (Wildman–Crippen LogP) is 2.44. The van der Waals surface area contributed by atoms with E-state index < -0.39 is 0 Å². The van der Waals surface area contributed by atoms with Gasteiger partial charge in [0.05, 0.1) is 6.04 Å². The van der Waals surface area contributed by atoms with Gasteiger partial charge in [0.2, 0.25) is 11.7 Å². The number of nitrogens with two attached hydrogens (primary N) is 1. The van der Waals surface area contributed by atoms with Crippen molar-refractivity contribution in [3.05, 3.63) is 29.7 Å². The number of rotatable bonds is 2. The minimum atomic E-state index is 0.210. The van der Waals surface area contributed by atoms with Crippen LogP contribution in [-0.2, 0) is 0 Å². The summed E-state index contributed by atoms with van der Waals surface area (Å²) in [5, 5.41) is 7.58. The largest absolute Gasteiger partial charge is 0.398 e. The van der Waals surface area contributed by atoms with Crippen molar-refractivity contribution in [3.63, 3.8) is 0 Å². The van der Waals surface area contributed by atoms with Gasteiger partial charge < -0.3 is 15.6 Å². The summed E-state index contributed by atoms with van der Waals surface area (Å²) < 4.78 is 5.43. The Kier molecular flexibility index (Phi) is 2.41. The second-order valence-corrected chi connectivity index (χ2v) is 6.17. The van der Waals surface area contributed by atoms with Gasteiger partial charge in [0.25, 0.3) is 0 Å². The molecule has 3 N–H and O–H groups in total. The maximum atomic E-state index is 5.93. The molecule has 0 radical (unpaired) electrons. The van der Waals surface area contributed by atoms with Gasteiger partial charge in [0.15, 0.2) is 0 Å². The van der Waals surface area contributed by atoms with Crippen LogP contribution in [0.15, 0.2) is 22.7 Å². The molecule has 1 atom stereocenters. The van der Waals surface area contributed by atoms with E-state index in [1.165, 1.54) is 12.8 Å². The molecule has 5 heteroatoms. The summed E-state index contributed by atoms with van der Waals surface area (Å²) in [7, 11) is 0. The smallest absolute Gasteiger partial charge is 0.244 e. The Labute approximate surface area is 117 Å². The summed E-state index contributed by atoms with van der Waals surface area (Å²) in [5.74, 6) is 1.31. The molecule has 20 heavy (non-hydrogen) atoms. The standard InChI is InChI=1S/C15H18N4O/c1-9-2-3-10(6-11(9)16)13-18-14(20-19-13)12-7-15(4-5-15)8-17-12/h2-3,6,12,17H,4-5,7-8,16H2,1H3/t12-/m0/s1. The van der Waals surface area contributed by atoms with E-state index in [1.54, 1.807) is 0 Å². The van der Waals surface area contributed by atoms with Crippen LogP contribution in [0, 0.1) is 12.3 Å². The first-order chi connectivity index (χ1) is 9.65. The van der Waals surface area contributed by atoms with Crippen molar-refractivity contribution < 1.29 is 4.52 Å². The van der Waals surface area contributed by atoms with Crippen LogP contribution in [0.3, 0.4) is 0 Å². The van der Waals surface area contributed by atoms with Crippen LogP contribution in [0.1, 0.15) is 36.8 Å². The van der Waals surface area contributed by atoms with E-state index >= 15 is 0 Å². The molecule has 2 heterocycles. The van der Waals surface area contributed by atoms with Gasteiger partial charge in [0, 0.05) is 17.8 Å². The Bertz CT molecular complexity index is 660. The normalized spacial score (nSPS) is 23.4. The van der Waals surface area contributed by atoms with Gasteiger partial charge >= 0.3 is 0 Å². The monoisotopic (exact) mass is 270 g/mol. The molecule has 1 spiro atoms. The van der Waals surface area contributed by atoms with Gasteiger partial charge in [-0.2, -0.15) is 4.98 Å². The number of nitrogen functional groups attached to an aromatic ring is 1. The molecular formula is C15H18N4O. The van der Waals surface area contributed by atoms with E-state index in [0.29, 0.717) is 17.1 Å². The van der Waals surface area contributed by atoms with Crippen molar-refractivity contribution in [2.24, 2.45) is 5.41 Å².